The van der Waals surface area contributed by atoms with E-state index >= 15 is 0 Å². The van der Waals surface area contributed by atoms with Gasteiger partial charge in [0.15, 0.2) is 0 Å². The van der Waals surface area contributed by atoms with Crippen molar-refractivity contribution >= 4 is 36.6 Å². The highest BCUT2D eigenvalue weighted by molar-refractivity contribution is 9.18. The summed E-state index contributed by atoms with van der Waals surface area (Å²) in [5, 5.41) is 0. The maximum Gasteiger partial charge on any atom is 0.228 e. The van der Waals surface area contributed by atoms with Crippen LogP contribution in [0.4, 0.5) is 0 Å². The molecule has 64 valence electrons. The minimum Gasteiger partial charge on any atom is -0.281 e. The van der Waals surface area contributed by atoms with Gasteiger partial charge in [0, 0.05) is 10.4 Å². The van der Waals surface area contributed by atoms with Crippen LogP contribution in [0.2, 0.25) is 0 Å². The molecule has 0 saturated heterocycles. The maximum absolute atomic E-state index is 10.8. The third kappa shape index (κ3) is 2.42. The van der Waals surface area contributed by atoms with E-state index in [0.717, 1.165) is 0 Å². The summed E-state index contributed by atoms with van der Waals surface area (Å²) in [5.74, 6) is 0. The fraction of sp³-hybridized carbons (Fsp3) is 0.222. The van der Waals surface area contributed by atoms with Crippen molar-refractivity contribution in [2.75, 3.05) is 0 Å². The number of alkyl halides is 1. The molecular formula is C9H8Br2O. The van der Waals surface area contributed by atoms with Crippen LogP contribution >= 0.6 is 31.9 Å². The SMILES string of the molecule is CC(Br)c1ccc(C(=O)Br)cc1. The van der Waals surface area contributed by atoms with Crippen LogP contribution in [0.25, 0.3) is 0 Å². The number of halogens is 2. The van der Waals surface area contributed by atoms with Crippen LogP contribution in [-0.4, -0.2) is 4.69 Å². The Kier molecular flexibility index (Phi) is 3.47. The molecule has 1 aromatic rings. The first-order valence-electron chi connectivity index (χ1n) is 3.55. The smallest absolute Gasteiger partial charge is 0.228 e. The number of hydrogen-bond donors (Lipinski definition) is 0. The quantitative estimate of drug-likeness (QED) is 0.600. The van der Waals surface area contributed by atoms with Gasteiger partial charge >= 0.3 is 0 Å². The van der Waals surface area contributed by atoms with Crippen molar-refractivity contribution in [3.05, 3.63) is 35.4 Å². The van der Waals surface area contributed by atoms with Crippen molar-refractivity contribution in [2.45, 2.75) is 11.8 Å². The molecule has 0 radical (unpaired) electrons. The molecule has 3 heteroatoms. The largest absolute Gasteiger partial charge is 0.281 e. The van der Waals surface area contributed by atoms with Gasteiger partial charge in [-0.3, -0.25) is 4.79 Å². The van der Waals surface area contributed by atoms with Crippen molar-refractivity contribution in [3.8, 4) is 0 Å². The van der Waals surface area contributed by atoms with Gasteiger partial charge in [-0.05, 0) is 28.4 Å². The Morgan fingerprint density at radius 3 is 2.17 bits per heavy atom. The van der Waals surface area contributed by atoms with Gasteiger partial charge in [0.25, 0.3) is 0 Å². The van der Waals surface area contributed by atoms with Crippen LogP contribution in [0, 0.1) is 0 Å². The van der Waals surface area contributed by atoms with Crippen LogP contribution in [0.5, 0.6) is 0 Å². The summed E-state index contributed by atoms with van der Waals surface area (Å²) in [6.07, 6.45) is 0. The fourth-order valence-electron chi connectivity index (χ4n) is 0.879. The lowest BCUT2D eigenvalue weighted by Crippen LogP contribution is -1.89. The molecule has 0 fully saturated rings. The number of rotatable bonds is 2. The topological polar surface area (TPSA) is 17.1 Å². The molecule has 1 atom stereocenters. The van der Waals surface area contributed by atoms with Crippen LogP contribution in [0.3, 0.4) is 0 Å². The number of carbonyl (C=O) groups excluding carboxylic acids is 1. The van der Waals surface area contributed by atoms with Crippen LogP contribution in [0.1, 0.15) is 27.7 Å². The predicted octanol–water partition coefficient (Wildman–Crippen LogP) is 3.68. The molecule has 1 unspecified atom stereocenters. The van der Waals surface area contributed by atoms with E-state index in [-0.39, 0.29) is 4.69 Å². The van der Waals surface area contributed by atoms with Crippen LogP contribution < -0.4 is 0 Å². The van der Waals surface area contributed by atoms with E-state index < -0.39 is 0 Å². The van der Waals surface area contributed by atoms with Crippen LogP contribution in [-0.2, 0) is 0 Å². The summed E-state index contributed by atoms with van der Waals surface area (Å²) < 4.78 is -0.0729. The van der Waals surface area contributed by atoms with E-state index in [9.17, 15) is 4.79 Å². The lowest BCUT2D eigenvalue weighted by atomic mass is 10.1. The zero-order valence-corrected chi connectivity index (χ0v) is 9.72. The highest BCUT2D eigenvalue weighted by Crippen LogP contribution is 2.21. The van der Waals surface area contributed by atoms with Gasteiger partial charge in [-0.1, -0.05) is 40.2 Å². The monoisotopic (exact) mass is 290 g/mol. The van der Waals surface area contributed by atoms with Gasteiger partial charge < -0.3 is 0 Å². The van der Waals surface area contributed by atoms with Crippen molar-refractivity contribution < 1.29 is 4.79 Å². The molecule has 0 aromatic heterocycles. The Morgan fingerprint density at radius 2 is 1.83 bits per heavy atom. The Morgan fingerprint density at radius 1 is 1.33 bits per heavy atom. The van der Waals surface area contributed by atoms with E-state index in [2.05, 4.69) is 31.9 Å². The Hall–Kier alpha value is -0.150. The number of benzene rings is 1. The fourth-order valence-corrected chi connectivity index (χ4v) is 1.45. The predicted molar refractivity (Wildman–Crippen MR) is 57.0 cm³/mol. The molecule has 0 aliphatic heterocycles. The highest BCUT2D eigenvalue weighted by atomic mass is 79.9. The normalized spacial score (nSPS) is 12.6. The van der Waals surface area contributed by atoms with E-state index in [1.54, 1.807) is 0 Å². The van der Waals surface area contributed by atoms with Gasteiger partial charge in [-0.15, -0.1) is 0 Å². The maximum atomic E-state index is 10.8. The third-order valence-corrected chi connectivity index (χ3v) is 2.58. The molecule has 1 nitrogen and oxygen atoms in total. The molecule has 1 rings (SSSR count). The van der Waals surface area contributed by atoms with Gasteiger partial charge in [0.05, 0.1) is 0 Å². The molecule has 0 aliphatic rings. The lowest BCUT2D eigenvalue weighted by Gasteiger charge is -2.02. The summed E-state index contributed by atoms with van der Waals surface area (Å²) in [6, 6.07) is 7.50. The Labute approximate surface area is 88.4 Å². The minimum atomic E-state index is -0.0729. The summed E-state index contributed by atoms with van der Waals surface area (Å²) >= 11 is 6.34. The molecule has 0 aliphatic carbocycles. The summed E-state index contributed by atoms with van der Waals surface area (Å²) in [7, 11) is 0. The van der Waals surface area contributed by atoms with Gasteiger partial charge in [-0.25, -0.2) is 0 Å². The second-order valence-corrected chi connectivity index (χ2v) is 4.61. The van der Waals surface area contributed by atoms with E-state index in [0.29, 0.717) is 10.4 Å². The van der Waals surface area contributed by atoms with Crippen LogP contribution in [0.15, 0.2) is 24.3 Å². The molecule has 0 N–H and O–H groups in total. The highest BCUT2D eigenvalue weighted by Gasteiger charge is 2.02. The Bertz CT molecular complexity index is 277. The summed E-state index contributed by atoms with van der Waals surface area (Å²) in [6.45, 7) is 2.05. The van der Waals surface area contributed by atoms with Crippen molar-refractivity contribution in [3.63, 3.8) is 0 Å². The van der Waals surface area contributed by atoms with E-state index in [1.807, 2.05) is 31.2 Å². The number of hydrogen-bond acceptors (Lipinski definition) is 1. The average molecular weight is 292 g/mol. The second-order valence-electron chi connectivity index (χ2n) is 2.51. The molecule has 12 heavy (non-hydrogen) atoms. The number of carbonyl (C=O) groups is 1. The summed E-state index contributed by atoms with van der Waals surface area (Å²) in [4.78, 5) is 11.2. The van der Waals surface area contributed by atoms with Crippen molar-refractivity contribution in [2.24, 2.45) is 0 Å². The first-order chi connectivity index (χ1) is 5.61. The zero-order valence-electron chi connectivity index (χ0n) is 6.55. The van der Waals surface area contributed by atoms with Crippen molar-refractivity contribution in [1.29, 1.82) is 0 Å². The first kappa shape index (κ1) is 9.93. The Balaban J connectivity index is 2.93. The minimum absolute atomic E-state index is 0.0729. The standard InChI is InChI=1S/C9H8Br2O/c1-6(10)7-2-4-8(5-3-7)9(11)12/h2-6H,1H3. The van der Waals surface area contributed by atoms with E-state index in [1.165, 1.54) is 5.56 Å². The molecule has 0 saturated carbocycles. The average Bonchev–Trinajstić information content (AvgIpc) is 2.04. The lowest BCUT2D eigenvalue weighted by molar-refractivity contribution is 0.109. The molecular weight excluding hydrogens is 284 g/mol. The van der Waals surface area contributed by atoms with Gasteiger partial charge in [0.1, 0.15) is 0 Å². The first-order valence-corrected chi connectivity index (χ1v) is 5.26. The molecule has 0 spiro atoms. The third-order valence-electron chi connectivity index (χ3n) is 1.60. The second kappa shape index (κ2) is 4.19. The molecule has 0 heterocycles. The molecule has 0 bridgehead atoms. The molecule has 0 amide bonds. The van der Waals surface area contributed by atoms with Gasteiger partial charge in [-0.2, -0.15) is 0 Å². The van der Waals surface area contributed by atoms with Crippen molar-refractivity contribution in [1.82, 2.24) is 0 Å². The summed E-state index contributed by atoms with van der Waals surface area (Å²) in [5.41, 5.74) is 1.86. The van der Waals surface area contributed by atoms with Gasteiger partial charge in [0.2, 0.25) is 4.69 Å². The molecule has 1 aromatic carbocycles. The van der Waals surface area contributed by atoms with E-state index in [4.69, 9.17) is 0 Å². The zero-order chi connectivity index (χ0) is 9.14.